The Labute approximate surface area is 144 Å². The van der Waals surface area contributed by atoms with E-state index in [-0.39, 0.29) is 71.9 Å². The van der Waals surface area contributed by atoms with Gasteiger partial charge in [-0.2, -0.15) is 17.5 Å². The van der Waals surface area contributed by atoms with Gasteiger partial charge in [-0.15, -0.1) is 29.7 Å². The summed E-state index contributed by atoms with van der Waals surface area (Å²) < 4.78 is 0. The summed E-state index contributed by atoms with van der Waals surface area (Å²) in [5.41, 5.74) is 0. The predicted molar refractivity (Wildman–Crippen MR) is 62.9 cm³/mol. The number of benzene rings is 1. The normalized spacial score (nSPS) is 7.53. The zero-order chi connectivity index (χ0) is 9.68. The zero-order valence-electron chi connectivity index (χ0n) is 10.2. The van der Waals surface area contributed by atoms with Gasteiger partial charge in [0, 0.05) is 8.80 Å². The topological polar surface area (TPSA) is 0 Å². The van der Waals surface area contributed by atoms with Gasteiger partial charge in [0.25, 0.3) is 0 Å². The molecule has 0 nitrogen and oxygen atoms in total. The first-order valence-electron chi connectivity index (χ1n) is 4.57. The zero-order valence-corrected chi connectivity index (χ0v) is 17.0. The second kappa shape index (κ2) is 14.8. The van der Waals surface area contributed by atoms with Crippen LogP contribution in [0.15, 0.2) is 42.5 Å². The van der Waals surface area contributed by atoms with Crippen LogP contribution in [-0.2, 0) is 25.8 Å². The van der Waals surface area contributed by atoms with Gasteiger partial charge >= 0.3 is 25.8 Å². The van der Waals surface area contributed by atoms with Gasteiger partial charge in [-0.05, 0) is 0 Å². The summed E-state index contributed by atoms with van der Waals surface area (Å²) in [6, 6.07) is 14.7. The largest absolute Gasteiger partial charge is 4.00 e. The van der Waals surface area contributed by atoms with Crippen molar-refractivity contribution in [2.45, 2.75) is 19.6 Å². The van der Waals surface area contributed by atoms with Crippen LogP contribution in [0, 0.1) is 0 Å². The van der Waals surface area contributed by atoms with Gasteiger partial charge in [0.2, 0.25) is 0 Å². The fourth-order valence-corrected chi connectivity index (χ4v) is 1.07. The smallest absolute Gasteiger partial charge is 1.00 e. The molecule has 0 bridgehead atoms. The Morgan fingerprint density at radius 2 is 1.35 bits per heavy atom. The Morgan fingerprint density at radius 1 is 0.882 bits per heavy atom. The van der Waals surface area contributed by atoms with E-state index in [4.69, 9.17) is 0 Å². The van der Waals surface area contributed by atoms with Gasteiger partial charge in [-0.3, -0.25) is 0 Å². The summed E-state index contributed by atoms with van der Waals surface area (Å²) in [6.07, 6.45) is 0. The van der Waals surface area contributed by atoms with E-state index in [2.05, 4.69) is 62.1 Å². The summed E-state index contributed by atoms with van der Waals surface area (Å²) in [5, 5.41) is 2.66. The molecule has 0 amide bonds. The van der Waals surface area contributed by atoms with Crippen molar-refractivity contribution in [3.63, 3.8) is 0 Å². The Bertz CT molecular complexity index is 330. The molecule has 0 aliphatic rings. The van der Waals surface area contributed by atoms with E-state index in [0.717, 1.165) is 0 Å². The van der Waals surface area contributed by atoms with Crippen molar-refractivity contribution in [3.05, 3.63) is 42.5 Å². The number of hydrogen-bond acceptors (Lipinski definition) is 0. The molecule has 0 aromatic heterocycles. The molecule has 5 heteroatoms. The van der Waals surface area contributed by atoms with Crippen LogP contribution in [0.1, 0.15) is 0 Å². The van der Waals surface area contributed by atoms with Gasteiger partial charge in [0.1, 0.15) is 0 Å². The van der Waals surface area contributed by atoms with Gasteiger partial charge in [-0.1, -0.05) is 25.7 Å². The van der Waals surface area contributed by atoms with E-state index in [9.17, 15) is 0 Å². The van der Waals surface area contributed by atoms with E-state index >= 15 is 0 Å². The minimum atomic E-state index is 0. The molecule has 93 valence electrons. The molecule has 2 aromatic rings. The Kier molecular flexibility index (Phi) is 23.0. The third kappa shape index (κ3) is 11.6. The molecule has 0 saturated heterocycles. The number of halogens is 3. The van der Waals surface area contributed by atoms with Crippen molar-refractivity contribution in [1.29, 1.82) is 0 Å². The second-order valence-corrected chi connectivity index (χ2v) is 6.65. The molecule has 0 aliphatic carbocycles. The van der Waals surface area contributed by atoms with Crippen LogP contribution in [-0.4, -0.2) is 8.80 Å². The molecule has 1 radical (unpaired) electrons. The number of rotatable bonds is 0. The third-order valence-electron chi connectivity index (χ3n) is 1.55. The predicted octanol–water partition coefficient (Wildman–Crippen LogP) is -5.06. The van der Waals surface area contributed by atoms with Crippen LogP contribution in [0.4, 0.5) is 0 Å². The molecular formula is C12H16Cl3HfSi. The van der Waals surface area contributed by atoms with Crippen molar-refractivity contribution in [1.82, 2.24) is 0 Å². The van der Waals surface area contributed by atoms with Crippen molar-refractivity contribution in [2.75, 3.05) is 0 Å². The fourth-order valence-electron chi connectivity index (χ4n) is 1.07. The van der Waals surface area contributed by atoms with Crippen molar-refractivity contribution in [3.8, 4) is 0 Å². The average molecular weight is 473 g/mol. The van der Waals surface area contributed by atoms with Crippen molar-refractivity contribution < 1.29 is 63.1 Å². The first-order chi connectivity index (χ1) is 6.20. The Hall–Kier alpha value is 0.787. The van der Waals surface area contributed by atoms with E-state index in [1.165, 1.54) is 10.8 Å². The SMILES string of the molecule is C[Si](C)C.[Cl-].[Cl-].[Cl-].[Hf+4].c1ccc2[cH-]ccc2c1. The van der Waals surface area contributed by atoms with Gasteiger partial charge in [0.15, 0.2) is 0 Å². The fraction of sp³-hybridized carbons (Fsp3) is 0.250. The maximum atomic E-state index is 2.27. The third-order valence-corrected chi connectivity index (χ3v) is 1.55. The molecular weight excluding hydrogens is 457 g/mol. The minimum absolute atomic E-state index is 0. The van der Waals surface area contributed by atoms with Crippen LogP contribution < -0.4 is 37.2 Å². The van der Waals surface area contributed by atoms with E-state index in [1.807, 2.05) is 0 Å². The summed E-state index contributed by atoms with van der Waals surface area (Å²) in [5.74, 6) is 0. The summed E-state index contributed by atoms with van der Waals surface area (Å²) in [7, 11) is 0.120. The number of hydrogen-bond donors (Lipinski definition) is 0. The molecule has 0 fully saturated rings. The van der Waals surface area contributed by atoms with Crippen molar-refractivity contribution in [2.24, 2.45) is 0 Å². The molecule has 0 aliphatic heterocycles. The van der Waals surface area contributed by atoms with Crippen LogP contribution in [0.5, 0.6) is 0 Å². The molecule has 0 atom stereocenters. The first-order valence-corrected chi connectivity index (χ1v) is 7.57. The Balaban J connectivity index is -0.0000000962. The van der Waals surface area contributed by atoms with Gasteiger partial charge < -0.3 is 37.2 Å². The van der Waals surface area contributed by atoms with Gasteiger partial charge in [0.05, 0.1) is 0 Å². The molecule has 0 heterocycles. The molecule has 0 saturated carbocycles. The van der Waals surface area contributed by atoms with E-state index in [1.54, 1.807) is 0 Å². The summed E-state index contributed by atoms with van der Waals surface area (Å²) >= 11 is 0. The van der Waals surface area contributed by atoms with Crippen molar-refractivity contribution >= 4 is 19.6 Å². The first kappa shape index (κ1) is 26.4. The van der Waals surface area contributed by atoms with Crippen LogP contribution in [0.3, 0.4) is 0 Å². The molecule has 2 aromatic carbocycles. The standard InChI is InChI=1S/C9H7.C3H9Si.3ClH.Hf/c1-2-5-9-7-3-6-8(9)4-1;1-4(2)3;;;;/h1-7H;1-3H3;3*1H;/q-1;;;;;+4/p-3. The molecule has 0 N–H and O–H groups in total. The van der Waals surface area contributed by atoms with Crippen LogP contribution >= 0.6 is 0 Å². The average Bonchev–Trinajstić information content (AvgIpc) is 2.49. The van der Waals surface area contributed by atoms with E-state index < -0.39 is 0 Å². The van der Waals surface area contributed by atoms with E-state index in [0.29, 0.717) is 0 Å². The number of fused-ring (bicyclic) bond motifs is 1. The van der Waals surface area contributed by atoms with Gasteiger partial charge in [-0.25, -0.2) is 0 Å². The molecule has 17 heavy (non-hydrogen) atoms. The second-order valence-electron chi connectivity index (χ2n) is 3.65. The van der Waals surface area contributed by atoms with Crippen LogP contribution in [0.2, 0.25) is 19.6 Å². The van der Waals surface area contributed by atoms with Crippen LogP contribution in [0.25, 0.3) is 10.8 Å². The quantitative estimate of drug-likeness (QED) is 0.266. The summed E-state index contributed by atoms with van der Waals surface area (Å²) in [4.78, 5) is 0. The minimum Gasteiger partial charge on any atom is -1.00 e. The summed E-state index contributed by atoms with van der Waals surface area (Å²) in [6.45, 7) is 6.81. The monoisotopic (exact) mass is 473 g/mol. The maximum absolute atomic E-state index is 2.27. The maximum Gasteiger partial charge on any atom is 4.00 e. The molecule has 0 spiro atoms. The Morgan fingerprint density at radius 3 is 1.82 bits per heavy atom. The molecule has 2 rings (SSSR count). The molecule has 0 unspecified atom stereocenters.